The largest absolute Gasteiger partial charge is 0.334 e. The van der Waals surface area contributed by atoms with E-state index in [-0.39, 0.29) is 40.6 Å². The van der Waals surface area contributed by atoms with E-state index in [1.54, 1.807) is 4.90 Å². The van der Waals surface area contributed by atoms with Crippen LogP contribution in [0.25, 0.3) is 0 Å². The maximum atomic E-state index is 12.6. The Balaban J connectivity index is 0.00000242. The van der Waals surface area contributed by atoms with Gasteiger partial charge in [0.15, 0.2) is 0 Å². The van der Waals surface area contributed by atoms with E-state index < -0.39 is 4.92 Å². The average Bonchev–Trinajstić information content (AvgIpc) is 2.46. The maximum Gasteiger partial charge on any atom is 0.283 e. The number of benzene rings is 1. The summed E-state index contributed by atoms with van der Waals surface area (Å²) in [6, 6.07) is 4.04. The molecule has 0 aromatic heterocycles. The highest BCUT2D eigenvalue weighted by Crippen LogP contribution is 2.28. The highest BCUT2D eigenvalue weighted by atomic mass is 35.5. The molecule has 1 aromatic rings. The minimum Gasteiger partial charge on any atom is -0.334 e. The Bertz CT molecular complexity index is 568. The zero-order valence-corrected chi connectivity index (χ0v) is 13.8. The molecule has 1 amide bonds. The van der Waals surface area contributed by atoms with Gasteiger partial charge in [0, 0.05) is 30.2 Å². The molecule has 1 aliphatic rings. The van der Waals surface area contributed by atoms with Crippen molar-refractivity contribution in [2.75, 3.05) is 13.1 Å². The number of rotatable bonds is 3. The molecule has 0 aliphatic carbocycles. The zero-order valence-electron chi connectivity index (χ0n) is 12.2. The number of nitrogens with two attached hydrogens (primary N) is 1. The summed E-state index contributed by atoms with van der Waals surface area (Å²) < 4.78 is 0. The van der Waals surface area contributed by atoms with Gasteiger partial charge >= 0.3 is 0 Å². The number of piperidine rings is 1. The normalized spacial score (nSPS) is 21.1. The Labute approximate surface area is 140 Å². The Morgan fingerprint density at radius 2 is 2.23 bits per heavy atom. The number of halogens is 2. The molecular formula is C14H19Cl2N3O3. The fourth-order valence-electron chi connectivity index (χ4n) is 2.73. The van der Waals surface area contributed by atoms with E-state index in [1.165, 1.54) is 18.2 Å². The summed E-state index contributed by atoms with van der Waals surface area (Å²) in [5.41, 5.74) is 5.55. The van der Waals surface area contributed by atoms with E-state index in [4.69, 9.17) is 17.3 Å². The summed E-state index contributed by atoms with van der Waals surface area (Å²) in [6.07, 6.45) is 1.70. The second-order valence-electron chi connectivity index (χ2n) is 5.44. The first-order valence-corrected chi connectivity index (χ1v) is 7.26. The van der Waals surface area contributed by atoms with Crippen molar-refractivity contribution in [3.05, 3.63) is 38.9 Å². The molecule has 0 radical (unpaired) electrons. The predicted octanol–water partition coefficient (Wildman–Crippen LogP) is 2.87. The van der Waals surface area contributed by atoms with Crippen LogP contribution in [0.1, 0.15) is 30.1 Å². The van der Waals surface area contributed by atoms with Gasteiger partial charge in [0.25, 0.3) is 11.6 Å². The van der Waals surface area contributed by atoms with Crippen LogP contribution in [0, 0.1) is 16.0 Å². The molecule has 0 spiro atoms. The van der Waals surface area contributed by atoms with Gasteiger partial charge in [-0.05, 0) is 30.9 Å². The molecule has 1 fully saturated rings. The third kappa shape index (κ3) is 3.88. The van der Waals surface area contributed by atoms with Gasteiger partial charge in [-0.25, -0.2) is 0 Å². The van der Waals surface area contributed by atoms with Crippen LogP contribution < -0.4 is 5.73 Å². The van der Waals surface area contributed by atoms with Gasteiger partial charge in [0.1, 0.15) is 5.56 Å². The number of nitrogens with zero attached hydrogens (tertiary/aromatic N) is 2. The minimum atomic E-state index is -0.580. The lowest BCUT2D eigenvalue weighted by molar-refractivity contribution is -0.385. The van der Waals surface area contributed by atoms with Crippen LogP contribution in [-0.4, -0.2) is 34.9 Å². The zero-order chi connectivity index (χ0) is 15.6. The predicted molar refractivity (Wildman–Crippen MR) is 87.6 cm³/mol. The molecule has 1 saturated heterocycles. The second kappa shape index (κ2) is 7.76. The van der Waals surface area contributed by atoms with Crippen molar-refractivity contribution in [2.24, 2.45) is 11.7 Å². The molecule has 0 bridgehead atoms. The SMILES string of the molecule is CC1CCN(C(=O)c2ccc(Cl)cc2[N+](=O)[O-])C(CN)C1.Cl. The number of hydrogen-bond donors (Lipinski definition) is 1. The summed E-state index contributed by atoms with van der Waals surface area (Å²) in [4.78, 5) is 24.8. The standard InChI is InChI=1S/C14H18ClN3O3.ClH/c1-9-4-5-17(11(6-9)8-16)14(19)12-3-2-10(15)7-13(12)18(20)21;/h2-3,7,9,11H,4-6,8,16H2,1H3;1H. The molecule has 2 atom stereocenters. The minimum absolute atomic E-state index is 0. The van der Waals surface area contributed by atoms with Crippen LogP contribution in [0.15, 0.2) is 18.2 Å². The molecule has 1 heterocycles. The average molecular weight is 348 g/mol. The van der Waals surface area contributed by atoms with E-state index in [0.29, 0.717) is 19.0 Å². The van der Waals surface area contributed by atoms with Gasteiger partial charge in [0.05, 0.1) is 4.92 Å². The fourth-order valence-corrected chi connectivity index (χ4v) is 2.90. The van der Waals surface area contributed by atoms with Gasteiger partial charge in [-0.1, -0.05) is 18.5 Å². The third-order valence-electron chi connectivity index (χ3n) is 3.90. The lowest BCUT2D eigenvalue weighted by atomic mass is 9.91. The molecule has 2 rings (SSSR count). The summed E-state index contributed by atoms with van der Waals surface area (Å²) in [7, 11) is 0. The van der Waals surface area contributed by atoms with Crippen LogP contribution in [0.2, 0.25) is 5.02 Å². The van der Waals surface area contributed by atoms with Crippen LogP contribution in [0.3, 0.4) is 0 Å². The molecular weight excluding hydrogens is 329 g/mol. The van der Waals surface area contributed by atoms with Crippen molar-refractivity contribution in [3.63, 3.8) is 0 Å². The number of nitro groups is 1. The number of nitro benzene ring substituents is 1. The molecule has 1 aliphatic heterocycles. The second-order valence-corrected chi connectivity index (χ2v) is 5.87. The molecule has 0 saturated carbocycles. The molecule has 8 heteroatoms. The van der Waals surface area contributed by atoms with Crippen molar-refractivity contribution in [1.29, 1.82) is 0 Å². The molecule has 1 aromatic carbocycles. The summed E-state index contributed by atoms with van der Waals surface area (Å²) >= 11 is 5.78. The smallest absolute Gasteiger partial charge is 0.283 e. The maximum absolute atomic E-state index is 12.6. The fraction of sp³-hybridized carbons (Fsp3) is 0.500. The van der Waals surface area contributed by atoms with Crippen molar-refractivity contribution < 1.29 is 9.72 Å². The molecule has 6 nitrogen and oxygen atoms in total. The summed E-state index contributed by atoms with van der Waals surface area (Å²) in [5.74, 6) is 0.156. The first kappa shape index (κ1) is 18.7. The van der Waals surface area contributed by atoms with Crippen molar-refractivity contribution in [1.82, 2.24) is 4.90 Å². The van der Waals surface area contributed by atoms with Crippen molar-refractivity contribution >= 4 is 35.6 Å². The lowest BCUT2D eigenvalue weighted by Crippen LogP contribution is -2.49. The van der Waals surface area contributed by atoms with Crippen LogP contribution >= 0.6 is 24.0 Å². The summed E-state index contributed by atoms with van der Waals surface area (Å²) in [5, 5.41) is 11.4. The van der Waals surface area contributed by atoms with Crippen LogP contribution in [-0.2, 0) is 0 Å². The van der Waals surface area contributed by atoms with Crippen LogP contribution in [0.5, 0.6) is 0 Å². The number of carbonyl (C=O) groups is 1. The van der Waals surface area contributed by atoms with Gasteiger partial charge in [0.2, 0.25) is 0 Å². The number of amides is 1. The van der Waals surface area contributed by atoms with Crippen LogP contribution in [0.4, 0.5) is 5.69 Å². The summed E-state index contributed by atoms with van der Waals surface area (Å²) in [6.45, 7) is 3.05. The molecule has 2 N–H and O–H groups in total. The topological polar surface area (TPSA) is 89.5 Å². The van der Waals surface area contributed by atoms with Crippen molar-refractivity contribution in [2.45, 2.75) is 25.8 Å². The molecule has 2 unspecified atom stereocenters. The highest BCUT2D eigenvalue weighted by molar-refractivity contribution is 6.31. The number of hydrogen-bond acceptors (Lipinski definition) is 4. The van der Waals surface area contributed by atoms with E-state index >= 15 is 0 Å². The first-order chi connectivity index (χ1) is 9.93. The number of carbonyl (C=O) groups excluding carboxylic acids is 1. The van der Waals surface area contributed by atoms with E-state index in [2.05, 4.69) is 6.92 Å². The Morgan fingerprint density at radius 3 is 2.82 bits per heavy atom. The highest BCUT2D eigenvalue weighted by Gasteiger charge is 2.32. The van der Waals surface area contributed by atoms with Gasteiger partial charge in [-0.2, -0.15) is 0 Å². The Kier molecular flexibility index (Phi) is 6.59. The van der Waals surface area contributed by atoms with E-state index in [1.807, 2.05) is 0 Å². The van der Waals surface area contributed by atoms with E-state index in [9.17, 15) is 14.9 Å². The van der Waals surface area contributed by atoms with Gasteiger partial charge in [-0.3, -0.25) is 14.9 Å². The monoisotopic (exact) mass is 347 g/mol. The quantitative estimate of drug-likeness (QED) is 0.672. The van der Waals surface area contributed by atoms with Gasteiger partial charge < -0.3 is 10.6 Å². The third-order valence-corrected chi connectivity index (χ3v) is 4.13. The van der Waals surface area contributed by atoms with Gasteiger partial charge in [-0.15, -0.1) is 12.4 Å². The lowest BCUT2D eigenvalue weighted by Gasteiger charge is -2.37. The number of likely N-dealkylation sites (tertiary alicyclic amines) is 1. The van der Waals surface area contributed by atoms with E-state index in [0.717, 1.165) is 12.8 Å². The van der Waals surface area contributed by atoms with Crippen molar-refractivity contribution in [3.8, 4) is 0 Å². The molecule has 122 valence electrons. The Morgan fingerprint density at radius 1 is 1.55 bits per heavy atom. The molecule has 22 heavy (non-hydrogen) atoms. The first-order valence-electron chi connectivity index (χ1n) is 6.89. The Hall–Kier alpha value is -1.37.